The summed E-state index contributed by atoms with van der Waals surface area (Å²) in [5.74, 6) is 0.963. The largest absolute Gasteiger partial charge is 0.492 e. The Labute approximate surface area is 124 Å². The molecule has 3 heteroatoms. The fourth-order valence-electron chi connectivity index (χ4n) is 2.22. The number of nitrogens with one attached hydrogen (secondary N) is 1. The average molecular weight is 278 g/mol. The van der Waals surface area contributed by atoms with Crippen molar-refractivity contribution in [1.82, 2.24) is 5.32 Å². The summed E-state index contributed by atoms with van der Waals surface area (Å²) in [6.07, 6.45) is 3.84. The molecular weight excluding hydrogens is 248 g/mol. The number of anilines is 1. The average Bonchev–Trinajstić information content (AvgIpc) is 2.48. The van der Waals surface area contributed by atoms with Crippen LogP contribution < -0.4 is 15.0 Å². The summed E-state index contributed by atoms with van der Waals surface area (Å²) < 4.78 is 5.80. The van der Waals surface area contributed by atoms with Crippen LogP contribution in [0.1, 0.15) is 40.0 Å². The zero-order valence-corrected chi connectivity index (χ0v) is 13.3. The summed E-state index contributed by atoms with van der Waals surface area (Å²) >= 11 is 0. The highest BCUT2D eigenvalue weighted by atomic mass is 16.5. The van der Waals surface area contributed by atoms with Crippen molar-refractivity contribution in [2.24, 2.45) is 0 Å². The van der Waals surface area contributed by atoms with Crippen LogP contribution in [0, 0.1) is 0 Å². The maximum Gasteiger partial charge on any atom is 0.121 e. The van der Waals surface area contributed by atoms with Crippen LogP contribution in [-0.2, 0) is 0 Å². The molecule has 1 rings (SSSR count). The molecule has 0 aliphatic heterocycles. The normalized spacial score (nSPS) is 10.6. The van der Waals surface area contributed by atoms with Crippen LogP contribution in [0.15, 0.2) is 24.3 Å². The van der Waals surface area contributed by atoms with Crippen LogP contribution >= 0.6 is 0 Å². The topological polar surface area (TPSA) is 24.5 Å². The second-order valence-electron chi connectivity index (χ2n) is 4.98. The van der Waals surface area contributed by atoms with Crippen LogP contribution in [0.25, 0.3) is 0 Å². The van der Waals surface area contributed by atoms with E-state index < -0.39 is 0 Å². The van der Waals surface area contributed by atoms with Gasteiger partial charge in [0.2, 0.25) is 0 Å². The van der Waals surface area contributed by atoms with Gasteiger partial charge in [0, 0.05) is 31.4 Å². The second-order valence-corrected chi connectivity index (χ2v) is 4.98. The summed E-state index contributed by atoms with van der Waals surface area (Å²) in [4.78, 5) is 2.33. The fourth-order valence-corrected chi connectivity index (χ4v) is 2.22. The molecule has 0 spiro atoms. The molecule has 0 atom stereocenters. The third kappa shape index (κ3) is 6.29. The Morgan fingerprint density at radius 1 is 1.05 bits per heavy atom. The molecule has 114 valence electrons. The van der Waals surface area contributed by atoms with Gasteiger partial charge in [0.1, 0.15) is 12.4 Å². The van der Waals surface area contributed by atoms with E-state index in [-0.39, 0.29) is 0 Å². The minimum atomic E-state index is 0.730. The van der Waals surface area contributed by atoms with Gasteiger partial charge in [0.05, 0.1) is 0 Å². The van der Waals surface area contributed by atoms with Crippen LogP contribution in [0.5, 0.6) is 5.75 Å². The molecule has 0 heterocycles. The molecule has 20 heavy (non-hydrogen) atoms. The van der Waals surface area contributed by atoms with Crippen molar-refractivity contribution in [1.29, 1.82) is 0 Å². The lowest BCUT2D eigenvalue weighted by Gasteiger charge is -2.21. The molecule has 0 aliphatic carbocycles. The monoisotopic (exact) mass is 278 g/mol. The predicted molar refractivity (Wildman–Crippen MR) is 87.9 cm³/mol. The highest BCUT2D eigenvalue weighted by Gasteiger charge is 2.02. The Bertz CT molecular complexity index is 351. The third-order valence-corrected chi connectivity index (χ3v) is 3.45. The zero-order valence-electron chi connectivity index (χ0n) is 13.3. The van der Waals surface area contributed by atoms with E-state index in [1.54, 1.807) is 0 Å². The summed E-state index contributed by atoms with van der Waals surface area (Å²) in [5, 5.41) is 3.41. The first-order valence-electron chi connectivity index (χ1n) is 8.00. The summed E-state index contributed by atoms with van der Waals surface area (Å²) in [7, 11) is 0. The number of ether oxygens (including phenoxy) is 1. The Morgan fingerprint density at radius 3 is 2.55 bits per heavy atom. The molecule has 1 N–H and O–H groups in total. The Balaban J connectivity index is 2.28. The van der Waals surface area contributed by atoms with Crippen molar-refractivity contribution in [3.8, 4) is 5.75 Å². The number of hydrogen-bond donors (Lipinski definition) is 1. The number of unbranched alkanes of at least 4 members (excludes halogenated alkanes) is 2. The lowest BCUT2D eigenvalue weighted by molar-refractivity contribution is 0.313. The van der Waals surface area contributed by atoms with Gasteiger partial charge in [-0.25, -0.2) is 0 Å². The van der Waals surface area contributed by atoms with Gasteiger partial charge in [0.15, 0.2) is 0 Å². The molecule has 3 nitrogen and oxygen atoms in total. The van der Waals surface area contributed by atoms with Gasteiger partial charge in [-0.2, -0.15) is 0 Å². The smallest absolute Gasteiger partial charge is 0.121 e. The number of hydrogen-bond acceptors (Lipinski definition) is 3. The molecule has 1 aromatic rings. The van der Waals surface area contributed by atoms with E-state index in [1.165, 1.54) is 24.9 Å². The molecule has 1 aromatic carbocycles. The fraction of sp³-hybridized carbons (Fsp3) is 0.647. The standard InChI is InChI=1S/C17H30N2O/c1-4-7-8-12-18-13-14-20-17-11-9-10-16(15-17)19(5-2)6-3/h9-11,15,18H,4-8,12-14H2,1-3H3. The Morgan fingerprint density at radius 2 is 1.85 bits per heavy atom. The molecule has 0 aliphatic rings. The lowest BCUT2D eigenvalue weighted by Crippen LogP contribution is -2.23. The van der Waals surface area contributed by atoms with Crippen LogP contribution in [-0.4, -0.2) is 32.8 Å². The van der Waals surface area contributed by atoms with Crippen molar-refractivity contribution < 1.29 is 4.74 Å². The molecular formula is C17H30N2O. The minimum absolute atomic E-state index is 0.730. The molecule has 0 radical (unpaired) electrons. The zero-order chi connectivity index (χ0) is 14.6. The third-order valence-electron chi connectivity index (χ3n) is 3.45. The van der Waals surface area contributed by atoms with Crippen molar-refractivity contribution in [2.45, 2.75) is 40.0 Å². The molecule has 0 unspecified atom stereocenters. The lowest BCUT2D eigenvalue weighted by atomic mass is 10.2. The predicted octanol–water partition coefficient (Wildman–Crippen LogP) is 3.69. The number of benzene rings is 1. The van der Waals surface area contributed by atoms with E-state index in [2.05, 4.69) is 49.2 Å². The van der Waals surface area contributed by atoms with E-state index in [0.29, 0.717) is 0 Å². The van der Waals surface area contributed by atoms with Gasteiger partial charge in [-0.15, -0.1) is 0 Å². The van der Waals surface area contributed by atoms with Gasteiger partial charge >= 0.3 is 0 Å². The number of nitrogens with zero attached hydrogens (tertiary/aromatic N) is 1. The van der Waals surface area contributed by atoms with Crippen LogP contribution in [0.4, 0.5) is 5.69 Å². The van der Waals surface area contributed by atoms with Crippen LogP contribution in [0.3, 0.4) is 0 Å². The van der Waals surface area contributed by atoms with E-state index in [9.17, 15) is 0 Å². The quantitative estimate of drug-likeness (QED) is 0.625. The molecule has 0 aromatic heterocycles. The second kappa shape index (κ2) is 10.6. The molecule has 0 saturated heterocycles. The highest BCUT2D eigenvalue weighted by Crippen LogP contribution is 2.20. The maximum atomic E-state index is 5.80. The van der Waals surface area contributed by atoms with Crippen molar-refractivity contribution in [3.05, 3.63) is 24.3 Å². The van der Waals surface area contributed by atoms with Crippen LogP contribution in [0.2, 0.25) is 0 Å². The van der Waals surface area contributed by atoms with E-state index >= 15 is 0 Å². The molecule has 0 amide bonds. The first-order valence-corrected chi connectivity index (χ1v) is 8.00. The van der Waals surface area contributed by atoms with E-state index in [1.807, 2.05) is 6.07 Å². The van der Waals surface area contributed by atoms with Gasteiger partial charge in [-0.1, -0.05) is 25.8 Å². The SMILES string of the molecule is CCCCCNCCOc1cccc(N(CC)CC)c1. The summed E-state index contributed by atoms with van der Waals surface area (Å²) in [6.45, 7) is 11.4. The summed E-state index contributed by atoms with van der Waals surface area (Å²) in [5.41, 5.74) is 1.24. The maximum absolute atomic E-state index is 5.80. The molecule has 0 fully saturated rings. The van der Waals surface area contributed by atoms with Crippen molar-refractivity contribution >= 4 is 5.69 Å². The molecule has 0 bridgehead atoms. The molecule has 0 saturated carbocycles. The minimum Gasteiger partial charge on any atom is -0.492 e. The van der Waals surface area contributed by atoms with E-state index in [0.717, 1.165) is 38.5 Å². The van der Waals surface area contributed by atoms with Crippen molar-refractivity contribution in [3.63, 3.8) is 0 Å². The first kappa shape index (κ1) is 16.8. The van der Waals surface area contributed by atoms with Gasteiger partial charge < -0.3 is 15.0 Å². The first-order chi connectivity index (χ1) is 9.81. The van der Waals surface area contributed by atoms with Crippen molar-refractivity contribution in [2.75, 3.05) is 37.7 Å². The highest BCUT2D eigenvalue weighted by molar-refractivity contribution is 5.50. The van der Waals surface area contributed by atoms with Gasteiger partial charge in [-0.05, 0) is 38.9 Å². The number of rotatable bonds is 11. The Hall–Kier alpha value is -1.22. The van der Waals surface area contributed by atoms with Gasteiger partial charge in [0.25, 0.3) is 0 Å². The van der Waals surface area contributed by atoms with Gasteiger partial charge in [-0.3, -0.25) is 0 Å². The van der Waals surface area contributed by atoms with E-state index in [4.69, 9.17) is 4.74 Å². The Kier molecular flexibility index (Phi) is 8.88. The summed E-state index contributed by atoms with van der Waals surface area (Å²) in [6, 6.07) is 8.37.